The van der Waals surface area contributed by atoms with Crippen molar-refractivity contribution >= 4 is 46.7 Å². The van der Waals surface area contributed by atoms with E-state index in [0.717, 1.165) is 4.90 Å². The first-order valence-corrected chi connectivity index (χ1v) is 9.04. The van der Waals surface area contributed by atoms with Gasteiger partial charge in [-0.05, 0) is 36.4 Å². The molecule has 0 saturated carbocycles. The fraction of sp³-hybridized carbons (Fsp3) is 0. The molecular formula is C21H12ClN3O5. The maximum atomic E-state index is 12.6. The van der Waals surface area contributed by atoms with Gasteiger partial charge in [0.05, 0.1) is 32.4 Å². The summed E-state index contributed by atoms with van der Waals surface area (Å²) in [6, 6.07) is 15.1. The van der Waals surface area contributed by atoms with Gasteiger partial charge in [0.25, 0.3) is 11.8 Å². The summed E-state index contributed by atoms with van der Waals surface area (Å²) in [7, 11) is 0. The van der Waals surface area contributed by atoms with Crippen LogP contribution in [-0.2, 0) is 0 Å². The van der Waals surface area contributed by atoms with E-state index in [4.69, 9.17) is 11.6 Å². The van der Waals surface area contributed by atoms with Gasteiger partial charge in [-0.3, -0.25) is 24.7 Å². The number of halogens is 1. The number of nitro benzene ring substituents is 1. The smallest absolute Gasteiger partial charge is 0.311 e. The third-order valence-corrected chi connectivity index (χ3v) is 4.87. The van der Waals surface area contributed by atoms with E-state index in [-0.39, 0.29) is 10.6 Å². The first kappa shape index (κ1) is 19.3. The van der Waals surface area contributed by atoms with Crippen LogP contribution in [0.25, 0.3) is 0 Å². The van der Waals surface area contributed by atoms with Crippen molar-refractivity contribution < 1.29 is 19.6 Å². The summed E-state index contributed by atoms with van der Waals surface area (Å²) in [6.45, 7) is 0. The Bertz CT molecular complexity index is 1220. The Labute approximate surface area is 174 Å². The highest BCUT2D eigenvalue weighted by Crippen LogP contribution is 2.34. The molecule has 1 aliphatic heterocycles. The minimum Gasteiger partial charge on any atom is -0.502 e. The standard InChI is InChI=1S/C21H12ClN3O5/c22-16-10-13(24-20(27)14-5-1-2-6-15(14)21(24)28)8-9-17(16)23-11-12-4-3-7-18(19(12)26)25(29)30/h1-11,26H. The highest BCUT2D eigenvalue weighted by atomic mass is 35.5. The molecule has 30 heavy (non-hydrogen) atoms. The molecule has 3 aromatic rings. The molecule has 0 aromatic heterocycles. The van der Waals surface area contributed by atoms with E-state index in [9.17, 15) is 24.8 Å². The number of carbonyl (C=O) groups excluding carboxylic acids is 2. The van der Waals surface area contributed by atoms with Gasteiger partial charge in [-0.1, -0.05) is 29.8 Å². The summed E-state index contributed by atoms with van der Waals surface area (Å²) >= 11 is 6.27. The Balaban J connectivity index is 1.63. The van der Waals surface area contributed by atoms with Crippen molar-refractivity contribution in [1.82, 2.24) is 0 Å². The third-order valence-electron chi connectivity index (χ3n) is 4.57. The molecule has 3 aromatic carbocycles. The van der Waals surface area contributed by atoms with Crippen LogP contribution in [0.1, 0.15) is 26.3 Å². The molecule has 1 heterocycles. The molecule has 1 N–H and O–H groups in total. The summed E-state index contributed by atoms with van der Waals surface area (Å²) in [5.74, 6) is -1.39. The number of aliphatic imine (C=N–C) groups is 1. The number of imide groups is 1. The topological polar surface area (TPSA) is 113 Å². The highest BCUT2D eigenvalue weighted by Gasteiger charge is 2.36. The van der Waals surface area contributed by atoms with E-state index in [1.807, 2.05) is 0 Å². The highest BCUT2D eigenvalue weighted by molar-refractivity contribution is 6.36. The first-order valence-electron chi connectivity index (χ1n) is 8.66. The number of phenols is 1. The molecule has 1 aliphatic rings. The number of hydrogen-bond donors (Lipinski definition) is 1. The average molecular weight is 422 g/mol. The van der Waals surface area contributed by atoms with E-state index in [2.05, 4.69) is 4.99 Å². The lowest BCUT2D eigenvalue weighted by Gasteiger charge is -2.14. The summed E-state index contributed by atoms with van der Waals surface area (Å²) < 4.78 is 0. The Hall–Kier alpha value is -4.04. The fourth-order valence-electron chi connectivity index (χ4n) is 3.10. The molecule has 0 saturated heterocycles. The number of nitrogens with zero attached hydrogens (tertiary/aromatic N) is 3. The zero-order chi connectivity index (χ0) is 21.4. The van der Waals surface area contributed by atoms with Gasteiger partial charge >= 0.3 is 5.69 Å². The van der Waals surface area contributed by atoms with Gasteiger partial charge in [-0.15, -0.1) is 0 Å². The van der Waals surface area contributed by atoms with Crippen LogP contribution in [-0.4, -0.2) is 28.1 Å². The largest absolute Gasteiger partial charge is 0.502 e. The molecule has 0 fully saturated rings. The maximum absolute atomic E-state index is 12.6. The van der Waals surface area contributed by atoms with Gasteiger partial charge in [-0.2, -0.15) is 0 Å². The number of aromatic hydroxyl groups is 1. The normalized spacial score (nSPS) is 13.2. The molecule has 148 valence electrons. The van der Waals surface area contributed by atoms with Gasteiger partial charge < -0.3 is 5.11 Å². The molecular weight excluding hydrogens is 410 g/mol. The lowest BCUT2D eigenvalue weighted by Crippen LogP contribution is -2.29. The van der Waals surface area contributed by atoms with E-state index in [1.165, 1.54) is 42.6 Å². The Morgan fingerprint density at radius 1 is 1.00 bits per heavy atom. The van der Waals surface area contributed by atoms with Crippen LogP contribution >= 0.6 is 11.6 Å². The number of phenolic OH excluding ortho intramolecular Hbond substituents is 1. The van der Waals surface area contributed by atoms with Crippen molar-refractivity contribution in [3.63, 3.8) is 0 Å². The SMILES string of the molecule is O=C1c2ccccc2C(=O)N1c1ccc(N=Cc2cccc([N+](=O)[O-])c2O)c(Cl)c1. The van der Waals surface area contributed by atoms with E-state index in [0.29, 0.717) is 22.5 Å². The second kappa shape index (κ2) is 7.41. The number of carbonyl (C=O) groups is 2. The van der Waals surface area contributed by atoms with Crippen molar-refractivity contribution in [2.75, 3.05) is 4.90 Å². The van der Waals surface area contributed by atoms with Crippen molar-refractivity contribution in [3.05, 3.63) is 92.5 Å². The zero-order valence-corrected chi connectivity index (χ0v) is 15.9. The molecule has 0 aliphatic carbocycles. The molecule has 0 unspecified atom stereocenters. The van der Waals surface area contributed by atoms with Gasteiger partial charge in [0.1, 0.15) is 0 Å². The number of benzene rings is 3. The van der Waals surface area contributed by atoms with E-state index in [1.54, 1.807) is 24.3 Å². The van der Waals surface area contributed by atoms with Gasteiger partial charge in [-0.25, -0.2) is 4.90 Å². The van der Waals surface area contributed by atoms with Crippen LogP contribution in [0.15, 0.2) is 65.7 Å². The molecule has 0 radical (unpaired) electrons. The summed E-state index contributed by atoms with van der Waals surface area (Å²) in [5.41, 5.74) is 0.936. The average Bonchev–Trinajstić information content (AvgIpc) is 2.98. The first-order chi connectivity index (χ1) is 14.4. The summed E-state index contributed by atoms with van der Waals surface area (Å²) in [6.07, 6.45) is 1.24. The lowest BCUT2D eigenvalue weighted by molar-refractivity contribution is -0.385. The second-order valence-corrected chi connectivity index (χ2v) is 6.76. The molecule has 0 bridgehead atoms. The fourth-order valence-corrected chi connectivity index (χ4v) is 3.33. The number of hydrogen-bond acceptors (Lipinski definition) is 6. The quantitative estimate of drug-likeness (QED) is 0.288. The number of nitro groups is 1. The zero-order valence-electron chi connectivity index (χ0n) is 15.2. The number of para-hydroxylation sites is 1. The van der Waals surface area contributed by atoms with Crippen LogP contribution in [0.4, 0.5) is 17.1 Å². The Morgan fingerprint density at radius 2 is 1.67 bits per heavy atom. The maximum Gasteiger partial charge on any atom is 0.311 e. The molecule has 2 amide bonds. The number of fused-ring (bicyclic) bond motifs is 1. The van der Waals surface area contributed by atoms with Crippen molar-refractivity contribution in [2.45, 2.75) is 0 Å². The van der Waals surface area contributed by atoms with E-state index < -0.39 is 28.2 Å². The molecule has 0 spiro atoms. The number of amides is 2. The predicted molar refractivity (Wildman–Crippen MR) is 111 cm³/mol. The van der Waals surface area contributed by atoms with Gasteiger partial charge in [0.2, 0.25) is 5.75 Å². The molecule has 9 heteroatoms. The molecule has 0 atom stereocenters. The summed E-state index contributed by atoms with van der Waals surface area (Å²) in [4.78, 5) is 40.6. The lowest BCUT2D eigenvalue weighted by atomic mass is 10.1. The van der Waals surface area contributed by atoms with Crippen molar-refractivity contribution in [2.24, 2.45) is 4.99 Å². The minimum atomic E-state index is -0.698. The second-order valence-electron chi connectivity index (χ2n) is 6.36. The van der Waals surface area contributed by atoms with Gasteiger partial charge in [0.15, 0.2) is 0 Å². The van der Waals surface area contributed by atoms with Crippen LogP contribution in [0.5, 0.6) is 5.75 Å². The molecule has 4 rings (SSSR count). The Morgan fingerprint density at radius 3 is 2.27 bits per heavy atom. The van der Waals surface area contributed by atoms with Crippen LogP contribution in [0.3, 0.4) is 0 Å². The van der Waals surface area contributed by atoms with Crippen molar-refractivity contribution in [1.29, 1.82) is 0 Å². The monoisotopic (exact) mass is 421 g/mol. The summed E-state index contributed by atoms with van der Waals surface area (Å²) in [5, 5.41) is 21.1. The number of anilines is 1. The van der Waals surface area contributed by atoms with E-state index >= 15 is 0 Å². The minimum absolute atomic E-state index is 0.143. The van der Waals surface area contributed by atoms with Gasteiger partial charge in [0, 0.05) is 17.8 Å². The van der Waals surface area contributed by atoms with Crippen LogP contribution < -0.4 is 4.90 Å². The van der Waals surface area contributed by atoms with Crippen molar-refractivity contribution in [3.8, 4) is 5.75 Å². The van der Waals surface area contributed by atoms with Crippen LogP contribution in [0.2, 0.25) is 5.02 Å². The number of rotatable bonds is 4. The molecule has 8 nitrogen and oxygen atoms in total. The van der Waals surface area contributed by atoms with Crippen LogP contribution in [0, 0.1) is 10.1 Å². The third kappa shape index (κ3) is 3.19. The Kier molecular flexibility index (Phi) is 4.77. The predicted octanol–water partition coefficient (Wildman–Crippen LogP) is 4.51.